The minimum atomic E-state index is -1.75. The molecule has 0 aromatic heterocycles. The van der Waals surface area contributed by atoms with Gasteiger partial charge in [-0.2, -0.15) is 0 Å². The lowest BCUT2D eigenvalue weighted by Gasteiger charge is -2.27. The summed E-state index contributed by atoms with van der Waals surface area (Å²) in [6, 6.07) is 6.36. The van der Waals surface area contributed by atoms with Crippen LogP contribution in [0.5, 0.6) is 0 Å². The van der Waals surface area contributed by atoms with Gasteiger partial charge in [0.1, 0.15) is 0 Å². The molecule has 1 fully saturated rings. The fraction of sp³-hybridized carbons (Fsp3) is 0.500. The number of benzene rings is 1. The van der Waals surface area contributed by atoms with Gasteiger partial charge in [0.15, 0.2) is 5.60 Å². The van der Waals surface area contributed by atoms with E-state index >= 15 is 0 Å². The molecule has 2 rings (SSSR count). The summed E-state index contributed by atoms with van der Waals surface area (Å²) in [5, 5.41) is 21.2. The summed E-state index contributed by atoms with van der Waals surface area (Å²) in [5.74, 6) is -0.0987. The fourth-order valence-corrected chi connectivity index (χ4v) is 2.09. The van der Waals surface area contributed by atoms with Gasteiger partial charge in [0.25, 0.3) is 5.91 Å². The molecule has 0 bridgehead atoms. The van der Waals surface area contributed by atoms with Gasteiger partial charge in [0, 0.05) is 11.6 Å². The fourth-order valence-electron chi connectivity index (χ4n) is 1.96. The van der Waals surface area contributed by atoms with Crippen LogP contribution >= 0.6 is 11.6 Å². The third kappa shape index (κ3) is 3.47. The van der Waals surface area contributed by atoms with E-state index in [1.165, 1.54) is 6.92 Å². The molecule has 1 amide bonds. The molecule has 2 N–H and O–H groups in total. The van der Waals surface area contributed by atoms with Crippen LogP contribution in [0.2, 0.25) is 5.02 Å². The van der Waals surface area contributed by atoms with Gasteiger partial charge in [-0.3, -0.25) is 10.0 Å². The lowest BCUT2D eigenvalue weighted by Crippen LogP contribution is -2.44. The lowest BCUT2D eigenvalue weighted by molar-refractivity contribution is -0.185. The Labute approximate surface area is 117 Å². The molecule has 4 nitrogen and oxygen atoms in total. The normalized spacial score (nSPS) is 17.9. The van der Waals surface area contributed by atoms with E-state index in [0.29, 0.717) is 21.6 Å². The molecule has 19 heavy (non-hydrogen) atoms. The quantitative estimate of drug-likeness (QED) is 0.645. The van der Waals surface area contributed by atoms with Gasteiger partial charge >= 0.3 is 0 Å². The predicted octanol–water partition coefficient (Wildman–Crippen LogP) is 2.57. The van der Waals surface area contributed by atoms with E-state index in [4.69, 9.17) is 11.6 Å². The van der Waals surface area contributed by atoms with Crippen molar-refractivity contribution >= 4 is 17.5 Å². The molecular formula is C14H18ClNO3. The Kier molecular flexibility index (Phi) is 4.13. The third-order valence-electron chi connectivity index (χ3n) is 3.50. The van der Waals surface area contributed by atoms with Crippen molar-refractivity contribution in [2.75, 3.05) is 6.54 Å². The first-order chi connectivity index (χ1) is 8.91. The molecule has 0 aliphatic heterocycles. The second kappa shape index (κ2) is 5.49. The minimum Gasteiger partial charge on any atom is -0.375 e. The molecule has 1 aromatic rings. The van der Waals surface area contributed by atoms with Crippen LogP contribution in [0.15, 0.2) is 24.3 Å². The average molecular weight is 284 g/mol. The lowest BCUT2D eigenvalue weighted by atomic mass is 9.95. The highest BCUT2D eigenvalue weighted by molar-refractivity contribution is 6.30. The second-order valence-electron chi connectivity index (χ2n) is 5.24. The van der Waals surface area contributed by atoms with Gasteiger partial charge in [-0.1, -0.05) is 36.6 Å². The van der Waals surface area contributed by atoms with E-state index in [1.54, 1.807) is 24.3 Å². The molecule has 0 spiro atoms. The van der Waals surface area contributed by atoms with Gasteiger partial charge in [-0.25, -0.2) is 5.06 Å². The summed E-state index contributed by atoms with van der Waals surface area (Å²) < 4.78 is 0. The highest BCUT2D eigenvalue weighted by Gasteiger charge is 2.36. The van der Waals surface area contributed by atoms with Crippen molar-refractivity contribution < 1.29 is 15.1 Å². The van der Waals surface area contributed by atoms with E-state index < -0.39 is 11.5 Å². The molecule has 1 atom stereocenters. The average Bonchev–Trinajstić information content (AvgIpc) is 3.19. The van der Waals surface area contributed by atoms with Crippen molar-refractivity contribution in [1.29, 1.82) is 0 Å². The predicted molar refractivity (Wildman–Crippen MR) is 71.9 cm³/mol. The van der Waals surface area contributed by atoms with Gasteiger partial charge in [0.2, 0.25) is 0 Å². The molecule has 0 saturated heterocycles. The van der Waals surface area contributed by atoms with Crippen LogP contribution < -0.4 is 0 Å². The van der Waals surface area contributed by atoms with Crippen molar-refractivity contribution in [2.24, 2.45) is 5.92 Å². The number of halogens is 1. The van der Waals surface area contributed by atoms with Gasteiger partial charge < -0.3 is 5.11 Å². The first-order valence-electron chi connectivity index (χ1n) is 6.40. The van der Waals surface area contributed by atoms with E-state index in [9.17, 15) is 15.1 Å². The molecule has 0 radical (unpaired) electrons. The zero-order valence-corrected chi connectivity index (χ0v) is 11.6. The topological polar surface area (TPSA) is 60.8 Å². The maximum atomic E-state index is 12.1. The number of nitrogens with zero attached hydrogens (tertiary/aromatic N) is 1. The zero-order valence-electron chi connectivity index (χ0n) is 10.8. The summed E-state index contributed by atoms with van der Waals surface area (Å²) >= 11 is 5.77. The summed E-state index contributed by atoms with van der Waals surface area (Å²) in [6.45, 7) is 1.63. The van der Waals surface area contributed by atoms with E-state index in [-0.39, 0.29) is 6.54 Å². The van der Waals surface area contributed by atoms with Gasteiger partial charge in [0.05, 0.1) is 0 Å². The molecule has 104 valence electrons. The first-order valence-corrected chi connectivity index (χ1v) is 6.78. The van der Waals surface area contributed by atoms with Crippen molar-refractivity contribution in [3.8, 4) is 0 Å². The number of carbonyl (C=O) groups is 1. The third-order valence-corrected chi connectivity index (χ3v) is 3.76. The molecule has 1 unspecified atom stereocenters. The molecule has 0 heterocycles. The highest BCUT2D eigenvalue weighted by atomic mass is 35.5. The number of rotatable bonds is 5. The smallest absolute Gasteiger partial charge is 0.282 e. The van der Waals surface area contributed by atoms with Crippen LogP contribution in [-0.4, -0.2) is 27.8 Å². The van der Waals surface area contributed by atoms with E-state index in [1.807, 2.05) is 0 Å². The van der Waals surface area contributed by atoms with Gasteiger partial charge in [-0.05, 0) is 37.0 Å². The van der Waals surface area contributed by atoms with Gasteiger partial charge in [-0.15, -0.1) is 0 Å². The SMILES string of the molecule is CC(O)(C(=O)N(O)CCC1CC1)c1ccc(Cl)cc1. The molecule has 1 aromatic carbocycles. The van der Waals surface area contributed by atoms with Crippen LogP contribution in [0.25, 0.3) is 0 Å². The number of hydroxylamine groups is 2. The van der Waals surface area contributed by atoms with Crippen molar-refractivity contribution in [3.63, 3.8) is 0 Å². The molecule has 1 aliphatic rings. The Morgan fingerprint density at radius 1 is 1.42 bits per heavy atom. The van der Waals surface area contributed by atoms with Crippen molar-refractivity contribution in [1.82, 2.24) is 5.06 Å². The number of amides is 1. The second-order valence-corrected chi connectivity index (χ2v) is 5.68. The Morgan fingerprint density at radius 2 is 2.00 bits per heavy atom. The highest BCUT2D eigenvalue weighted by Crippen LogP contribution is 2.32. The Balaban J connectivity index is 2.03. The first kappa shape index (κ1) is 14.3. The minimum absolute atomic E-state index is 0.257. The summed E-state index contributed by atoms with van der Waals surface area (Å²) in [7, 11) is 0. The Hall–Kier alpha value is -1.10. The monoisotopic (exact) mass is 283 g/mol. The number of hydrogen-bond donors (Lipinski definition) is 2. The Morgan fingerprint density at radius 3 is 2.53 bits per heavy atom. The maximum absolute atomic E-state index is 12.1. The molecule has 5 heteroatoms. The largest absolute Gasteiger partial charge is 0.375 e. The standard InChI is InChI=1S/C14H18ClNO3/c1-14(18,11-4-6-12(15)7-5-11)13(17)16(19)9-8-10-2-3-10/h4-7,10,18-19H,2-3,8-9H2,1H3. The summed E-state index contributed by atoms with van der Waals surface area (Å²) in [6.07, 6.45) is 3.10. The molecule has 1 aliphatic carbocycles. The van der Waals surface area contributed by atoms with E-state index in [2.05, 4.69) is 0 Å². The van der Waals surface area contributed by atoms with Crippen molar-refractivity contribution in [3.05, 3.63) is 34.9 Å². The van der Waals surface area contributed by atoms with Crippen LogP contribution in [0, 0.1) is 5.92 Å². The number of carbonyl (C=O) groups excluding carboxylic acids is 1. The molecule has 1 saturated carbocycles. The summed E-state index contributed by atoms with van der Waals surface area (Å²) in [4.78, 5) is 12.1. The van der Waals surface area contributed by atoms with Crippen LogP contribution in [0.1, 0.15) is 31.7 Å². The maximum Gasteiger partial charge on any atom is 0.282 e. The molecular weight excluding hydrogens is 266 g/mol. The number of aliphatic hydroxyl groups is 1. The van der Waals surface area contributed by atoms with Crippen molar-refractivity contribution in [2.45, 2.75) is 31.8 Å². The Bertz CT molecular complexity index is 454. The van der Waals surface area contributed by atoms with Crippen LogP contribution in [-0.2, 0) is 10.4 Å². The van der Waals surface area contributed by atoms with Crippen LogP contribution in [0.3, 0.4) is 0 Å². The summed E-state index contributed by atoms with van der Waals surface area (Å²) in [5.41, 5.74) is -1.34. The number of hydrogen-bond acceptors (Lipinski definition) is 3. The van der Waals surface area contributed by atoms with E-state index in [0.717, 1.165) is 19.3 Å². The zero-order chi connectivity index (χ0) is 14.0. The van der Waals surface area contributed by atoms with Crippen LogP contribution in [0.4, 0.5) is 0 Å².